The number of thiophene rings is 1. The molecule has 0 spiro atoms. The number of anilines is 1. The van der Waals surface area contributed by atoms with Crippen molar-refractivity contribution in [2.45, 2.75) is 11.4 Å². The van der Waals surface area contributed by atoms with E-state index in [0.717, 1.165) is 32.0 Å². The van der Waals surface area contributed by atoms with E-state index in [1.165, 1.54) is 37.6 Å². The number of benzene rings is 2. The Balaban J connectivity index is 1.36. The third-order valence-corrected chi connectivity index (χ3v) is 8.46. The van der Waals surface area contributed by atoms with Crippen molar-refractivity contribution in [3.8, 4) is 20.9 Å². The van der Waals surface area contributed by atoms with Gasteiger partial charge in [-0.15, -0.1) is 11.3 Å². The van der Waals surface area contributed by atoms with Gasteiger partial charge in [0.05, 0.1) is 24.6 Å². The highest BCUT2D eigenvalue weighted by Gasteiger charge is 2.25. The summed E-state index contributed by atoms with van der Waals surface area (Å²) in [4.78, 5) is 31.8. The maximum atomic E-state index is 13.0. The lowest BCUT2D eigenvalue weighted by Crippen LogP contribution is -2.17. The molecule has 10 heteroatoms. The van der Waals surface area contributed by atoms with E-state index in [1.54, 1.807) is 35.5 Å². The number of ether oxygens (including phenoxy) is 1. The van der Waals surface area contributed by atoms with Crippen LogP contribution in [0.25, 0.3) is 20.9 Å². The highest BCUT2D eigenvalue weighted by molar-refractivity contribution is 7.92. The number of amides is 1. The van der Waals surface area contributed by atoms with Gasteiger partial charge in [0.1, 0.15) is 4.90 Å². The summed E-state index contributed by atoms with van der Waals surface area (Å²) in [6.07, 6.45) is 3.17. The van der Waals surface area contributed by atoms with Crippen LogP contribution in [-0.2, 0) is 21.3 Å². The number of hydrogen-bond acceptors (Lipinski definition) is 6. The van der Waals surface area contributed by atoms with E-state index in [9.17, 15) is 18.0 Å². The van der Waals surface area contributed by atoms with Gasteiger partial charge in [-0.3, -0.25) is 9.78 Å². The van der Waals surface area contributed by atoms with E-state index in [-0.39, 0.29) is 16.4 Å². The molecule has 0 aliphatic carbocycles. The van der Waals surface area contributed by atoms with Crippen molar-refractivity contribution < 1.29 is 22.7 Å². The van der Waals surface area contributed by atoms with E-state index in [2.05, 4.69) is 20.5 Å². The number of pyridine rings is 1. The first-order valence-electron chi connectivity index (χ1n) is 10.9. The summed E-state index contributed by atoms with van der Waals surface area (Å²) in [6, 6.07) is 17.3. The van der Waals surface area contributed by atoms with Gasteiger partial charge in [0.15, 0.2) is 0 Å². The van der Waals surface area contributed by atoms with Crippen LogP contribution in [0.15, 0.2) is 78.0 Å². The second-order valence-corrected chi connectivity index (χ2v) is 11.1. The van der Waals surface area contributed by atoms with E-state index in [0.29, 0.717) is 12.2 Å². The van der Waals surface area contributed by atoms with Crippen LogP contribution in [0.4, 0.5) is 5.69 Å². The fourth-order valence-electron chi connectivity index (χ4n) is 4.01. The zero-order valence-corrected chi connectivity index (χ0v) is 21.1. The lowest BCUT2D eigenvalue weighted by molar-refractivity contribution is 0.0600. The lowest BCUT2D eigenvalue weighted by atomic mass is 10.1. The van der Waals surface area contributed by atoms with Gasteiger partial charge in [-0.1, -0.05) is 6.07 Å². The standard InChI is InChI=1S/C26H21N3O5S2/c1-29-15-19-11-17(5-8-22(19)25(29)30)23-9-10-24(35-23)18-12-20(14-27-13-18)28-36(32,33)21-6-3-16(4-7-21)26(31)34-2/h3-14H,15H2,1-2H3,(H,28,32,33)/p+1. The molecule has 36 heavy (non-hydrogen) atoms. The van der Waals surface area contributed by atoms with Crippen LogP contribution < -0.4 is 4.72 Å². The number of fused-ring (bicyclic) bond motifs is 1. The van der Waals surface area contributed by atoms with Crippen molar-refractivity contribution in [2.75, 3.05) is 18.9 Å². The van der Waals surface area contributed by atoms with Crippen molar-refractivity contribution in [3.63, 3.8) is 0 Å². The Morgan fingerprint density at radius 3 is 2.50 bits per heavy atom. The minimum atomic E-state index is -3.63. The summed E-state index contributed by atoms with van der Waals surface area (Å²) in [5.74, 6) is -0.481. The van der Waals surface area contributed by atoms with Gasteiger partial charge < -0.3 is 9.64 Å². The van der Waals surface area contributed by atoms with Crippen molar-refractivity contribution in [1.29, 1.82) is 0 Å². The van der Waals surface area contributed by atoms with Crippen LogP contribution in [0, 0.1) is 0 Å². The summed E-state index contributed by atoms with van der Waals surface area (Å²) in [5, 5.41) is 0. The first-order chi connectivity index (χ1) is 17.2. The van der Waals surface area contributed by atoms with Crippen molar-refractivity contribution in [3.05, 3.63) is 89.7 Å². The van der Waals surface area contributed by atoms with Gasteiger partial charge in [-0.05, 0) is 65.7 Å². The minimum absolute atomic E-state index is 0.0404. The van der Waals surface area contributed by atoms with Gasteiger partial charge in [-0.2, -0.15) is 4.21 Å². The second kappa shape index (κ2) is 9.21. The molecule has 0 saturated carbocycles. The molecule has 2 aromatic heterocycles. The monoisotopic (exact) mass is 520 g/mol. The molecule has 1 aliphatic rings. The molecule has 0 radical (unpaired) electrons. The number of carbonyl (C=O) groups excluding carboxylic acids is 2. The van der Waals surface area contributed by atoms with Gasteiger partial charge in [0.25, 0.3) is 5.91 Å². The molecule has 1 aliphatic heterocycles. The number of carbonyl (C=O) groups is 2. The van der Waals surface area contributed by atoms with E-state index in [4.69, 9.17) is 0 Å². The fourth-order valence-corrected chi connectivity index (χ4v) is 6.05. The summed E-state index contributed by atoms with van der Waals surface area (Å²) in [6.45, 7) is 0.601. The van der Waals surface area contributed by atoms with Crippen LogP contribution in [0.1, 0.15) is 26.3 Å². The van der Waals surface area contributed by atoms with Crippen LogP contribution in [0.3, 0.4) is 0 Å². The maximum Gasteiger partial charge on any atom is 0.396 e. The highest BCUT2D eigenvalue weighted by Crippen LogP contribution is 2.36. The normalized spacial score (nSPS) is 14.3. The van der Waals surface area contributed by atoms with Crippen LogP contribution in [0.5, 0.6) is 0 Å². The molecule has 2 N–H and O–H groups in total. The number of hydrogen-bond donors (Lipinski definition) is 1. The largest absolute Gasteiger partial charge is 0.465 e. The Bertz CT molecular complexity index is 1590. The van der Waals surface area contributed by atoms with Gasteiger partial charge in [0.2, 0.25) is 0 Å². The molecule has 2 aromatic carbocycles. The Kier molecular flexibility index (Phi) is 6.07. The van der Waals surface area contributed by atoms with Crippen LogP contribution in [0.2, 0.25) is 0 Å². The SMILES string of the molecule is COC(=O)c1ccc(S(=O)(=[OH+])Nc2cncc(-c3ccc(-c4ccc5c(c4)CN(C)C5=O)s3)c2)cc1. The van der Waals surface area contributed by atoms with Gasteiger partial charge >= 0.3 is 16.0 Å². The highest BCUT2D eigenvalue weighted by atomic mass is 32.2. The van der Waals surface area contributed by atoms with Crippen LogP contribution >= 0.6 is 11.3 Å². The lowest BCUT2D eigenvalue weighted by Gasteiger charge is -2.06. The average molecular weight is 521 g/mol. The molecule has 1 atom stereocenters. The number of nitrogens with zero attached hydrogens (tertiary/aromatic N) is 2. The average Bonchev–Trinajstić information content (AvgIpc) is 3.48. The molecule has 0 fully saturated rings. The molecule has 8 nitrogen and oxygen atoms in total. The predicted molar refractivity (Wildman–Crippen MR) is 139 cm³/mol. The second-order valence-electron chi connectivity index (χ2n) is 8.30. The predicted octanol–water partition coefficient (Wildman–Crippen LogP) is 4.81. The van der Waals surface area contributed by atoms with Crippen molar-refractivity contribution in [2.24, 2.45) is 0 Å². The number of esters is 1. The minimum Gasteiger partial charge on any atom is -0.465 e. The zero-order chi connectivity index (χ0) is 25.4. The quantitative estimate of drug-likeness (QED) is 0.290. The number of aromatic nitrogens is 1. The molecule has 182 valence electrons. The van der Waals surface area contributed by atoms with Crippen LogP contribution in [-0.4, -0.2) is 44.3 Å². The molecule has 3 heterocycles. The molecule has 0 bridgehead atoms. The summed E-state index contributed by atoms with van der Waals surface area (Å²) in [5.41, 5.74) is 4.25. The summed E-state index contributed by atoms with van der Waals surface area (Å²) < 4.78 is 30.9. The third kappa shape index (κ3) is 4.48. The molecular weight excluding hydrogens is 498 g/mol. The van der Waals surface area contributed by atoms with Gasteiger partial charge in [-0.25, -0.2) is 13.7 Å². The molecule has 4 aromatic rings. The van der Waals surface area contributed by atoms with E-state index in [1.807, 2.05) is 24.3 Å². The number of methoxy groups -OCH3 is 1. The molecule has 1 amide bonds. The number of nitrogens with one attached hydrogen (secondary N) is 1. The Labute approximate surface area is 212 Å². The number of rotatable bonds is 6. The Morgan fingerprint density at radius 1 is 1.06 bits per heavy atom. The van der Waals surface area contributed by atoms with Gasteiger partial charge in [0, 0.05) is 40.7 Å². The van der Waals surface area contributed by atoms with Crippen molar-refractivity contribution >= 4 is 38.9 Å². The molecule has 1 unspecified atom stereocenters. The smallest absolute Gasteiger partial charge is 0.396 e. The summed E-state index contributed by atoms with van der Waals surface area (Å²) >= 11 is 1.57. The fraction of sp³-hybridized carbons (Fsp3) is 0.115. The molecule has 0 saturated heterocycles. The Hall–Kier alpha value is -4.02. The zero-order valence-electron chi connectivity index (χ0n) is 19.4. The third-order valence-electron chi connectivity index (χ3n) is 5.85. The first kappa shape index (κ1) is 23.7. The Morgan fingerprint density at radius 2 is 1.78 bits per heavy atom. The van der Waals surface area contributed by atoms with E-state index >= 15 is 0 Å². The van der Waals surface area contributed by atoms with E-state index < -0.39 is 16.0 Å². The first-order valence-corrected chi connectivity index (χ1v) is 13.2. The van der Waals surface area contributed by atoms with Crippen molar-refractivity contribution in [1.82, 2.24) is 9.88 Å². The molecular formula is C26H22N3O5S2+. The maximum absolute atomic E-state index is 13.0. The topological polar surface area (TPSA) is 110 Å². The molecule has 5 rings (SSSR count). The summed E-state index contributed by atoms with van der Waals surface area (Å²) in [7, 11) is -0.567.